The SMILES string of the molecule is CCn1ncnc1CC(N)CSc1cccc(C)c1. The minimum Gasteiger partial charge on any atom is -0.327 e. The average molecular weight is 276 g/mol. The van der Waals surface area contributed by atoms with Gasteiger partial charge < -0.3 is 5.73 Å². The largest absolute Gasteiger partial charge is 0.327 e. The van der Waals surface area contributed by atoms with Crippen LogP contribution in [0.3, 0.4) is 0 Å². The van der Waals surface area contributed by atoms with Crippen LogP contribution in [-0.4, -0.2) is 26.6 Å². The summed E-state index contributed by atoms with van der Waals surface area (Å²) >= 11 is 1.80. The molecule has 0 aliphatic heterocycles. The van der Waals surface area contributed by atoms with Gasteiger partial charge in [0.05, 0.1) is 0 Å². The second kappa shape index (κ2) is 6.73. The van der Waals surface area contributed by atoms with Crippen LogP contribution in [0.2, 0.25) is 0 Å². The molecular formula is C14H20N4S. The number of hydrogen-bond acceptors (Lipinski definition) is 4. The highest BCUT2D eigenvalue weighted by Gasteiger charge is 2.10. The minimum absolute atomic E-state index is 0.0972. The first-order chi connectivity index (χ1) is 9.19. The topological polar surface area (TPSA) is 56.7 Å². The number of thioether (sulfide) groups is 1. The molecule has 5 heteroatoms. The molecule has 1 aromatic heterocycles. The van der Waals surface area contributed by atoms with Gasteiger partial charge >= 0.3 is 0 Å². The molecule has 2 aromatic rings. The van der Waals surface area contributed by atoms with E-state index < -0.39 is 0 Å². The maximum Gasteiger partial charge on any atom is 0.138 e. The van der Waals surface area contributed by atoms with E-state index in [1.165, 1.54) is 10.5 Å². The predicted molar refractivity (Wildman–Crippen MR) is 79.3 cm³/mol. The van der Waals surface area contributed by atoms with Crippen molar-refractivity contribution in [2.24, 2.45) is 5.73 Å². The van der Waals surface area contributed by atoms with E-state index in [0.717, 1.165) is 24.5 Å². The average Bonchev–Trinajstić information content (AvgIpc) is 2.84. The van der Waals surface area contributed by atoms with Crippen molar-refractivity contribution in [1.29, 1.82) is 0 Å². The lowest BCUT2D eigenvalue weighted by Gasteiger charge is -2.11. The van der Waals surface area contributed by atoms with E-state index in [0.29, 0.717) is 0 Å². The number of rotatable bonds is 6. The highest BCUT2D eigenvalue weighted by Crippen LogP contribution is 2.20. The molecule has 0 bridgehead atoms. The highest BCUT2D eigenvalue weighted by molar-refractivity contribution is 7.99. The molecule has 2 N–H and O–H groups in total. The van der Waals surface area contributed by atoms with Gasteiger partial charge in [0.1, 0.15) is 12.2 Å². The van der Waals surface area contributed by atoms with E-state index in [2.05, 4.69) is 48.2 Å². The van der Waals surface area contributed by atoms with E-state index >= 15 is 0 Å². The lowest BCUT2D eigenvalue weighted by Crippen LogP contribution is -2.27. The summed E-state index contributed by atoms with van der Waals surface area (Å²) in [5, 5.41) is 4.16. The number of aromatic nitrogens is 3. The molecule has 1 unspecified atom stereocenters. The summed E-state index contributed by atoms with van der Waals surface area (Å²) in [6, 6.07) is 8.59. The number of aryl methyl sites for hydroxylation is 2. The van der Waals surface area contributed by atoms with Gasteiger partial charge in [0.25, 0.3) is 0 Å². The zero-order valence-electron chi connectivity index (χ0n) is 11.4. The van der Waals surface area contributed by atoms with Crippen molar-refractivity contribution >= 4 is 11.8 Å². The third-order valence-electron chi connectivity index (χ3n) is 2.89. The van der Waals surface area contributed by atoms with E-state index in [4.69, 9.17) is 5.73 Å². The maximum atomic E-state index is 6.17. The quantitative estimate of drug-likeness (QED) is 0.822. The maximum absolute atomic E-state index is 6.17. The predicted octanol–water partition coefficient (Wildman–Crippen LogP) is 2.27. The molecular weight excluding hydrogens is 256 g/mol. The fourth-order valence-electron chi connectivity index (χ4n) is 1.91. The molecule has 0 aliphatic carbocycles. The molecule has 1 aromatic carbocycles. The van der Waals surface area contributed by atoms with Crippen molar-refractivity contribution in [2.45, 2.75) is 37.8 Å². The Morgan fingerprint density at radius 1 is 1.42 bits per heavy atom. The van der Waals surface area contributed by atoms with Crippen LogP contribution in [0, 0.1) is 6.92 Å². The molecule has 0 radical (unpaired) electrons. The van der Waals surface area contributed by atoms with E-state index in [1.54, 1.807) is 18.1 Å². The van der Waals surface area contributed by atoms with E-state index in [1.807, 2.05) is 4.68 Å². The van der Waals surface area contributed by atoms with Gasteiger partial charge in [-0.2, -0.15) is 5.10 Å². The van der Waals surface area contributed by atoms with Gasteiger partial charge in [-0.3, -0.25) is 4.68 Å². The van der Waals surface area contributed by atoms with Crippen molar-refractivity contribution in [3.8, 4) is 0 Å². The monoisotopic (exact) mass is 276 g/mol. The highest BCUT2D eigenvalue weighted by atomic mass is 32.2. The van der Waals surface area contributed by atoms with Gasteiger partial charge in [-0.05, 0) is 26.0 Å². The molecule has 0 spiro atoms. The lowest BCUT2D eigenvalue weighted by molar-refractivity contribution is 0.588. The Hall–Kier alpha value is -1.33. The molecule has 0 aliphatic rings. The third kappa shape index (κ3) is 4.08. The number of nitrogens with two attached hydrogens (primary N) is 1. The van der Waals surface area contributed by atoms with E-state index in [-0.39, 0.29) is 6.04 Å². The normalized spacial score (nSPS) is 12.6. The summed E-state index contributed by atoms with van der Waals surface area (Å²) in [6.07, 6.45) is 2.37. The Labute approximate surface area is 118 Å². The zero-order valence-corrected chi connectivity index (χ0v) is 12.2. The van der Waals surface area contributed by atoms with Crippen LogP contribution in [0.1, 0.15) is 18.3 Å². The summed E-state index contributed by atoms with van der Waals surface area (Å²) in [5.74, 6) is 1.86. The zero-order chi connectivity index (χ0) is 13.7. The number of hydrogen-bond donors (Lipinski definition) is 1. The molecule has 1 atom stereocenters. The van der Waals surface area contributed by atoms with Crippen molar-refractivity contribution in [1.82, 2.24) is 14.8 Å². The number of nitrogens with zero attached hydrogens (tertiary/aromatic N) is 3. The lowest BCUT2D eigenvalue weighted by atomic mass is 10.2. The van der Waals surface area contributed by atoms with Crippen molar-refractivity contribution < 1.29 is 0 Å². The van der Waals surface area contributed by atoms with Crippen molar-refractivity contribution in [3.05, 3.63) is 42.0 Å². The first-order valence-electron chi connectivity index (χ1n) is 6.50. The Balaban J connectivity index is 1.86. The van der Waals surface area contributed by atoms with Crippen LogP contribution in [0.25, 0.3) is 0 Å². The second-order valence-electron chi connectivity index (χ2n) is 4.58. The van der Waals surface area contributed by atoms with E-state index in [9.17, 15) is 0 Å². The van der Waals surface area contributed by atoms with Crippen molar-refractivity contribution in [2.75, 3.05) is 5.75 Å². The summed E-state index contributed by atoms with van der Waals surface area (Å²) in [4.78, 5) is 5.53. The molecule has 2 rings (SSSR count). The van der Waals surface area contributed by atoms with Crippen LogP contribution in [0.15, 0.2) is 35.5 Å². The van der Waals surface area contributed by atoms with Gasteiger partial charge in [0.15, 0.2) is 0 Å². The molecule has 19 heavy (non-hydrogen) atoms. The standard InChI is InChI=1S/C14H20N4S/c1-3-18-14(16-10-17-18)8-12(15)9-19-13-6-4-5-11(2)7-13/h4-7,10,12H,3,8-9,15H2,1-2H3. The fourth-order valence-corrected chi connectivity index (χ4v) is 2.88. The van der Waals surface area contributed by atoms with Gasteiger partial charge in [-0.1, -0.05) is 17.7 Å². The van der Waals surface area contributed by atoms with Crippen LogP contribution in [0.4, 0.5) is 0 Å². The van der Waals surface area contributed by atoms with Crippen LogP contribution >= 0.6 is 11.8 Å². The Bertz CT molecular complexity index is 524. The summed E-state index contributed by atoms with van der Waals surface area (Å²) in [6.45, 7) is 5.01. The minimum atomic E-state index is 0.0972. The van der Waals surface area contributed by atoms with Gasteiger partial charge in [-0.15, -0.1) is 11.8 Å². The first-order valence-corrected chi connectivity index (χ1v) is 7.49. The van der Waals surface area contributed by atoms with Crippen LogP contribution in [-0.2, 0) is 13.0 Å². The van der Waals surface area contributed by atoms with Crippen LogP contribution in [0.5, 0.6) is 0 Å². The first kappa shape index (κ1) is 14.1. The Morgan fingerprint density at radius 2 is 2.26 bits per heavy atom. The summed E-state index contributed by atoms with van der Waals surface area (Å²) < 4.78 is 1.90. The Morgan fingerprint density at radius 3 is 3.00 bits per heavy atom. The van der Waals surface area contributed by atoms with Crippen molar-refractivity contribution in [3.63, 3.8) is 0 Å². The fraction of sp³-hybridized carbons (Fsp3) is 0.429. The molecule has 4 nitrogen and oxygen atoms in total. The molecule has 1 heterocycles. The molecule has 0 saturated heterocycles. The number of benzene rings is 1. The third-order valence-corrected chi connectivity index (χ3v) is 4.08. The van der Waals surface area contributed by atoms with Gasteiger partial charge in [0.2, 0.25) is 0 Å². The molecule has 0 fully saturated rings. The smallest absolute Gasteiger partial charge is 0.138 e. The molecule has 0 amide bonds. The van der Waals surface area contributed by atoms with Gasteiger partial charge in [-0.25, -0.2) is 4.98 Å². The second-order valence-corrected chi connectivity index (χ2v) is 5.68. The Kier molecular flexibility index (Phi) is 4.99. The summed E-state index contributed by atoms with van der Waals surface area (Å²) in [7, 11) is 0. The summed E-state index contributed by atoms with van der Waals surface area (Å²) in [5.41, 5.74) is 7.45. The van der Waals surface area contributed by atoms with Gasteiger partial charge in [0, 0.05) is 29.7 Å². The molecule has 102 valence electrons. The van der Waals surface area contributed by atoms with Crippen LogP contribution < -0.4 is 5.73 Å². The molecule has 0 saturated carbocycles.